The van der Waals surface area contributed by atoms with Gasteiger partial charge < -0.3 is 10.1 Å². The van der Waals surface area contributed by atoms with Gasteiger partial charge in [0, 0.05) is 43.2 Å². The number of aryl methyl sites for hydroxylation is 2. The van der Waals surface area contributed by atoms with E-state index >= 15 is 0 Å². The summed E-state index contributed by atoms with van der Waals surface area (Å²) in [7, 11) is 0. The molecular formula is C38H54IrNO2-. The van der Waals surface area contributed by atoms with Crippen molar-refractivity contribution < 1.29 is 30.0 Å². The van der Waals surface area contributed by atoms with Crippen molar-refractivity contribution in [3.63, 3.8) is 0 Å². The Hall–Kier alpha value is -2.29. The Kier molecular flexibility index (Phi) is 14.3. The van der Waals surface area contributed by atoms with Gasteiger partial charge in [0.25, 0.3) is 0 Å². The van der Waals surface area contributed by atoms with E-state index in [4.69, 9.17) is 0 Å². The van der Waals surface area contributed by atoms with E-state index in [-0.39, 0.29) is 47.9 Å². The van der Waals surface area contributed by atoms with Crippen LogP contribution in [0.1, 0.15) is 118 Å². The molecule has 1 aromatic heterocycles. The van der Waals surface area contributed by atoms with Gasteiger partial charge in [0.1, 0.15) is 5.76 Å². The van der Waals surface area contributed by atoms with Crippen molar-refractivity contribution in [2.75, 3.05) is 0 Å². The van der Waals surface area contributed by atoms with Crippen molar-refractivity contribution in [3.8, 4) is 11.3 Å². The minimum absolute atomic E-state index is 0. The van der Waals surface area contributed by atoms with Crippen LogP contribution in [0, 0.1) is 30.7 Å². The van der Waals surface area contributed by atoms with Crippen LogP contribution in [0.15, 0.2) is 54.4 Å². The molecule has 233 valence electrons. The van der Waals surface area contributed by atoms with Crippen molar-refractivity contribution in [2.45, 2.75) is 120 Å². The Morgan fingerprint density at radius 3 is 1.90 bits per heavy atom. The van der Waals surface area contributed by atoms with Crippen LogP contribution in [0.25, 0.3) is 22.0 Å². The molecule has 1 heterocycles. The maximum Gasteiger partial charge on any atom is 0.164 e. The monoisotopic (exact) mass is 749 g/mol. The van der Waals surface area contributed by atoms with Gasteiger partial charge in [0.2, 0.25) is 0 Å². The van der Waals surface area contributed by atoms with E-state index in [0.717, 1.165) is 55.3 Å². The third-order valence-electron chi connectivity index (χ3n) is 10.0. The summed E-state index contributed by atoms with van der Waals surface area (Å²) in [5, 5.41) is 12.6. The topological polar surface area (TPSA) is 50.2 Å². The van der Waals surface area contributed by atoms with Crippen LogP contribution >= 0.6 is 0 Å². The molecule has 4 heteroatoms. The Morgan fingerprint density at radius 2 is 1.40 bits per heavy atom. The normalized spacial score (nSPS) is 12.4. The van der Waals surface area contributed by atoms with Gasteiger partial charge in [0.15, 0.2) is 5.78 Å². The van der Waals surface area contributed by atoms with Crippen molar-refractivity contribution in [2.24, 2.45) is 10.8 Å². The van der Waals surface area contributed by atoms with Gasteiger partial charge in [-0.1, -0.05) is 94.4 Å². The van der Waals surface area contributed by atoms with Gasteiger partial charge in [-0.15, -0.1) is 34.9 Å². The first-order valence-corrected chi connectivity index (χ1v) is 15.6. The fourth-order valence-electron chi connectivity index (χ4n) is 5.13. The average Bonchev–Trinajstić information content (AvgIpc) is 2.98. The number of aliphatic hydroxyl groups excluding tert-OH is 1. The molecule has 0 aliphatic heterocycles. The van der Waals surface area contributed by atoms with Gasteiger partial charge in [-0.05, 0) is 72.0 Å². The van der Waals surface area contributed by atoms with E-state index in [1.807, 2.05) is 47.7 Å². The summed E-state index contributed by atoms with van der Waals surface area (Å²) in [6, 6.07) is 16.8. The summed E-state index contributed by atoms with van der Waals surface area (Å²) in [6.07, 6.45) is 8.97. The second-order valence-corrected chi connectivity index (χ2v) is 12.5. The molecule has 3 rings (SSSR count). The molecule has 0 aliphatic carbocycles. The van der Waals surface area contributed by atoms with E-state index in [1.165, 1.54) is 28.0 Å². The predicted octanol–water partition coefficient (Wildman–Crippen LogP) is 11.0. The molecule has 0 unspecified atom stereocenters. The zero-order chi connectivity index (χ0) is 31.0. The number of benzene rings is 2. The third-order valence-corrected chi connectivity index (χ3v) is 10.0. The van der Waals surface area contributed by atoms with Gasteiger partial charge in [-0.25, -0.2) is 0 Å². The van der Waals surface area contributed by atoms with Crippen LogP contribution < -0.4 is 0 Å². The molecule has 1 radical (unpaired) electrons. The molecule has 3 aromatic rings. The van der Waals surface area contributed by atoms with Crippen molar-refractivity contribution in [1.82, 2.24) is 4.98 Å². The van der Waals surface area contributed by atoms with Crippen molar-refractivity contribution in [1.29, 1.82) is 0 Å². The summed E-state index contributed by atoms with van der Waals surface area (Å²) < 4.78 is 0. The summed E-state index contributed by atoms with van der Waals surface area (Å²) in [5.41, 5.74) is 5.57. The molecule has 3 nitrogen and oxygen atoms in total. The number of aliphatic hydroxyl groups is 1. The summed E-state index contributed by atoms with van der Waals surface area (Å²) in [6.45, 7) is 23.2. The molecule has 1 N–H and O–H groups in total. The van der Waals surface area contributed by atoms with E-state index in [1.54, 1.807) is 0 Å². The van der Waals surface area contributed by atoms with Crippen LogP contribution in [0.4, 0.5) is 0 Å². The molecule has 0 aliphatic rings. The van der Waals surface area contributed by atoms with E-state index in [9.17, 15) is 9.90 Å². The first kappa shape index (κ1) is 37.7. The first-order valence-electron chi connectivity index (χ1n) is 15.6. The molecular weight excluding hydrogens is 695 g/mol. The standard InChI is InChI=1S/C23H26N.C15H28O2.Ir/c1-6-23(5,7-2)20-8-9-21-18(15-20)10-11-24-22(21)19-13-16(3)12-17(4)14-19;1-7-14(5,8-2)12(16)11-13(17)15(6,9-3)10-4;/h8-13,15H,6-7H2,1-5H3;11,16H,7-10H2,1-6H3;/q-1;;/b;12-11-;. The summed E-state index contributed by atoms with van der Waals surface area (Å²) in [5.74, 6) is 0.286. The zero-order valence-electron chi connectivity index (χ0n) is 28.0. The minimum atomic E-state index is -0.337. The fourth-order valence-corrected chi connectivity index (χ4v) is 5.13. The number of nitrogens with zero attached hydrogens (tertiary/aromatic N) is 1. The second-order valence-electron chi connectivity index (χ2n) is 12.5. The number of rotatable bonds is 11. The number of carbonyl (C=O) groups excluding carboxylic acids is 1. The molecule has 0 saturated carbocycles. The average molecular weight is 749 g/mol. The zero-order valence-corrected chi connectivity index (χ0v) is 30.4. The summed E-state index contributed by atoms with van der Waals surface area (Å²) in [4.78, 5) is 16.8. The number of allylic oxidation sites excluding steroid dienone is 2. The largest absolute Gasteiger partial charge is 0.512 e. The van der Waals surface area contributed by atoms with E-state index in [2.05, 4.69) is 82.1 Å². The van der Waals surface area contributed by atoms with Gasteiger partial charge >= 0.3 is 0 Å². The number of ketones is 1. The van der Waals surface area contributed by atoms with Crippen LogP contribution in [0.3, 0.4) is 0 Å². The third kappa shape index (κ3) is 8.64. The van der Waals surface area contributed by atoms with Crippen LogP contribution in [-0.4, -0.2) is 15.9 Å². The SMILES string of the molecule is CCC(C)(CC)C(=O)/C=C(\O)C(C)(CC)CC.CCC(C)(CC)c1ccc2c(-c3[c-]c(C)cc(C)c3)nccc2c1.[Ir]. The molecule has 0 saturated heterocycles. The summed E-state index contributed by atoms with van der Waals surface area (Å²) >= 11 is 0. The van der Waals surface area contributed by atoms with Gasteiger partial charge in [0.05, 0.1) is 0 Å². The van der Waals surface area contributed by atoms with Crippen molar-refractivity contribution in [3.05, 3.63) is 77.2 Å². The number of carbonyl (C=O) groups is 1. The molecule has 0 bridgehead atoms. The second kappa shape index (κ2) is 16.0. The van der Waals surface area contributed by atoms with E-state index in [0.29, 0.717) is 0 Å². The van der Waals surface area contributed by atoms with Crippen LogP contribution in [0.5, 0.6) is 0 Å². The van der Waals surface area contributed by atoms with Crippen LogP contribution in [-0.2, 0) is 30.3 Å². The number of fused-ring (bicyclic) bond motifs is 1. The number of pyridine rings is 1. The maximum atomic E-state index is 12.2. The van der Waals surface area contributed by atoms with Crippen LogP contribution in [0.2, 0.25) is 0 Å². The Morgan fingerprint density at radius 1 is 0.833 bits per heavy atom. The Balaban J connectivity index is 0.000000438. The van der Waals surface area contributed by atoms with Gasteiger partial charge in [-0.3, -0.25) is 4.79 Å². The molecule has 0 fully saturated rings. The quantitative estimate of drug-likeness (QED) is 0.121. The fraction of sp³-hybridized carbons (Fsp3) is 0.526. The molecule has 0 amide bonds. The number of hydrogen-bond acceptors (Lipinski definition) is 3. The molecule has 2 aromatic carbocycles. The number of hydrogen-bond donors (Lipinski definition) is 1. The maximum absolute atomic E-state index is 12.2. The Bertz CT molecular complexity index is 1320. The van der Waals surface area contributed by atoms with Gasteiger partial charge in [-0.2, -0.15) is 0 Å². The molecule has 0 atom stereocenters. The molecule has 0 spiro atoms. The Labute approximate surface area is 270 Å². The molecule has 42 heavy (non-hydrogen) atoms. The predicted molar refractivity (Wildman–Crippen MR) is 177 cm³/mol. The van der Waals surface area contributed by atoms with Crippen molar-refractivity contribution >= 4 is 16.6 Å². The first-order chi connectivity index (χ1) is 19.3. The number of aromatic nitrogens is 1. The smallest absolute Gasteiger partial charge is 0.164 e. The van der Waals surface area contributed by atoms with E-state index < -0.39 is 0 Å². The minimum Gasteiger partial charge on any atom is -0.512 e.